The predicted octanol–water partition coefficient (Wildman–Crippen LogP) is -1.59. The number of carbonyl (C=O) groups is 16. The molecule has 4 aliphatic heterocycles. The van der Waals surface area contributed by atoms with Crippen LogP contribution in [0.15, 0.2) is 85.2 Å². The maximum Gasteiger partial charge on any atom is 0.325 e. The molecule has 3 aromatic carbocycles. The van der Waals surface area contributed by atoms with Gasteiger partial charge in [-0.1, -0.05) is 116 Å². The number of aliphatic hydroxyl groups excluding tert-OH is 1. The standard InChI is InChI=1S/C91H131N21O19S2/c1-12-14-24-70-83(123)99-60(33-49(3)4)79(119)105-68(78(118)97-43-74(94)115)47-132-48-76(116)98-63(35-52-28-30-55(113)31-29-52)87(126)107(8)51(7)86-106-65(39-75(95)133-86)89(128)111-32-20-27-71(111)84(124)104-67(41-93)82(122)101-62(34-50(5)6)90(129)112-45-56(114)38-73(112)85(125)100-61(36-53-42-96-59-23-18-16-21-57(53)59)80(120)103-66(40-92)81(121)102-64(88(127)109(10)72(25-15-13-2)91(130)108(70)9)37-54-44-110(46-77(117)131-11)69-26-19-17-22-58(54)69/h16-19,21-23,26,28-31,42,44,49-51,56,60-68,70-73,96,106,113-114H,12-15,20,24-25,27,32-41,43,45-48,92-93,95H2,1-11H3,(H2,94,115)(H,97,118)(H,98,116)(H,99,123)(H,100,125)(H,101,122)(H,102,121)(H,103,120)(H,104,124)(H,105,119)/t51-,56+,60-,61-,62-,63-,64-,65-,66-,67-,68-,70-,71-,72-,73-/m0/s1. The number of amides is 15. The van der Waals surface area contributed by atoms with Crippen LogP contribution in [0.3, 0.4) is 0 Å². The van der Waals surface area contributed by atoms with Gasteiger partial charge < -0.3 is 114 Å². The normalized spacial score (nSPS) is 25.5. The molecule has 0 radical (unpaired) electrons. The van der Waals surface area contributed by atoms with Crippen molar-refractivity contribution in [1.29, 1.82) is 0 Å². The zero-order chi connectivity index (χ0) is 97.4. The molecule has 9 rings (SSSR count). The number of esters is 1. The summed E-state index contributed by atoms with van der Waals surface area (Å²) in [4.78, 5) is 246. The lowest BCUT2D eigenvalue weighted by atomic mass is 9.99. The number of carbonyl (C=O) groups excluding carboxylic acids is 16. The van der Waals surface area contributed by atoms with Crippen molar-refractivity contribution >= 4 is 149 Å². The lowest BCUT2D eigenvalue weighted by Gasteiger charge is -2.36. The Morgan fingerprint density at radius 1 is 0.594 bits per heavy atom. The van der Waals surface area contributed by atoms with Crippen molar-refractivity contribution in [2.24, 2.45) is 34.8 Å². The van der Waals surface area contributed by atoms with Crippen LogP contribution in [0.1, 0.15) is 142 Å². The number of nitrogens with one attached hydrogen (secondary N) is 11. The van der Waals surface area contributed by atoms with E-state index in [4.69, 9.17) is 27.7 Å². The number of nitrogens with two attached hydrogens (primary N) is 4. The highest BCUT2D eigenvalue weighted by Crippen LogP contribution is 2.29. The lowest BCUT2D eigenvalue weighted by Crippen LogP contribution is -2.62. The summed E-state index contributed by atoms with van der Waals surface area (Å²) in [6.45, 7) is 10.1. The van der Waals surface area contributed by atoms with Crippen molar-refractivity contribution in [3.05, 3.63) is 102 Å². The number of para-hydroxylation sites is 2. The Morgan fingerprint density at radius 3 is 1.80 bits per heavy atom. The molecule has 4 aliphatic rings. The number of hydrogen-bond acceptors (Lipinski definition) is 24. The summed E-state index contributed by atoms with van der Waals surface area (Å²) < 4.78 is 6.64. The van der Waals surface area contributed by atoms with Gasteiger partial charge >= 0.3 is 5.97 Å². The minimum absolute atomic E-state index is 0.00816. The molecule has 0 aliphatic carbocycles. The Bertz CT molecular complexity index is 5120. The predicted molar refractivity (Wildman–Crippen MR) is 502 cm³/mol. The summed E-state index contributed by atoms with van der Waals surface area (Å²) in [5.41, 5.74) is 27.5. The molecule has 15 atom stereocenters. The van der Waals surface area contributed by atoms with Gasteiger partial charge in [-0.2, -0.15) is 0 Å². The minimum Gasteiger partial charge on any atom is -0.508 e. The first-order chi connectivity index (χ1) is 63.3. The quantitative estimate of drug-likeness (QED) is 0.0259. The van der Waals surface area contributed by atoms with Gasteiger partial charge in [0.1, 0.15) is 84.8 Å². The Labute approximate surface area is 780 Å². The zero-order valence-electron chi connectivity index (χ0n) is 77.3. The fourth-order valence-electron chi connectivity index (χ4n) is 17.0. The molecular formula is C91H131N21O19S2. The Hall–Kier alpha value is -11.8. The summed E-state index contributed by atoms with van der Waals surface area (Å²) in [6.07, 6.45) is 3.07. The number of phenols is 1. The van der Waals surface area contributed by atoms with Crippen LogP contribution in [0.2, 0.25) is 0 Å². The number of methoxy groups -OCH3 is 1. The number of aromatic amines is 1. The van der Waals surface area contributed by atoms with Gasteiger partial charge in [-0.15, -0.1) is 22.7 Å². The highest BCUT2D eigenvalue weighted by Gasteiger charge is 2.47. The molecule has 726 valence electrons. The fourth-order valence-corrected chi connectivity index (χ4v) is 18.9. The number of aromatic nitrogens is 2. The number of aromatic hydroxyl groups is 1. The van der Waals surface area contributed by atoms with Crippen LogP contribution >= 0.6 is 22.7 Å². The second kappa shape index (κ2) is 49.2. The number of nitrogens with zero attached hydrogens (tertiary/aromatic N) is 6. The third-order valence-corrected chi connectivity index (χ3v) is 26.5. The molecule has 40 nitrogen and oxygen atoms in total. The van der Waals surface area contributed by atoms with E-state index in [-0.39, 0.29) is 106 Å². The third-order valence-electron chi connectivity index (χ3n) is 24.3. The molecule has 133 heavy (non-hydrogen) atoms. The van der Waals surface area contributed by atoms with E-state index in [1.54, 1.807) is 112 Å². The van der Waals surface area contributed by atoms with Gasteiger partial charge in [0.05, 0.1) is 42.6 Å². The molecule has 0 spiro atoms. The van der Waals surface area contributed by atoms with Gasteiger partial charge in [-0.05, 0) is 98.2 Å². The summed E-state index contributed by atoms with van der Waals surface area (Å²) in [5, 5.41) is 50.6. The molecular weight excluding hydrogens is 1760 g/mol. The van der Waals surface area contributed by atoms with Gasteiger partial charge in [-0.3, -0.25) is 87.8 Å². The lowest BCUT2D eigenvalue weighted by molar-refractivity contribution is -0.149. The Balaban J connectivity index is 1.10. The summed E-state index contributed by atoms with van der Waals surface area (Å²) in [6, 6.07) is 0.590. The number of fused-ring (bicyclic) bond motifs is 6. The van der Waals surface area contributed by atoms with Crippen LogP contribution in [0.25, 0.3) is 21.8 Å². The van der Waals surface area contributed by atoms with E-state index in [1.165, 1.54) is 55.1 Å². The monoisotopic (exact) mass is 1890 g/mol. The van der Waals surface area contributed by atoms with E-state index in [0.29, 0.717) is 75.6 Å². The fraction of sp³-hybridized carbons (Fsp3) is 0.560. The van der Waals surface area contributed by atoms with Crippen molar-refractivity contribution in [3.63, 3.8) is 0 Å². The number of likely N-dealkylation sites (N-methyl/N-ethyl adjacent to an activating group) is 3. The van der Waals surface area contributed by atoms with E-state index in [1.807, 2.05) is 13.8 Å². The van der Waals surface area contributed by atoms with Gasteiger partial charge in [-0.25, -0.2) is 0 Å². The number of phenolic OH excluding ortho intramolecular Hbond substituents is 1. The van der Waals surface area contributed by atoms with Gasteiger partial charge in [0.25, 0.3) is 0 Å². The van der Waals surface area contributed by atoms with Crippen LogP contribution in [-0.4, -0.2) is 312 Å². The number of ether oxygens (including phenoxy) is 1. The van der Waals surface area contributed by atoms with E-state index in [2.05, 4.69) is 58.2 Å². The number of aliphatic hydroxyl groups is 1. The number of benzene rings is 3. The number of primary amides is 1. The van der Waals surface area contributed by atoms with E-state index in [9.17, 15) is 48.6 Å². The Morgan fingerprint density at radius 2 is 1.15 bits per heavy atom. The highest BCUT2D eigenvalue weighted by molar-refractivity contribution is 8.00. The first kappa shape index (κ1) is 105. The molecule has 6 heterocycles. The first-order valence-corrected chi connectivity index (χ1v) is 47.2. The topological polar surface area (TPSA) is 584 Å². The molecule has 3 saturated heterocycles. The minimum atomic E-state index is -1.69. The molecule has 42 heteroatoms. The van der Waals surface area contributed by atoms with Crippen LogP contribution < -0.4 is 76.1 Å². The van der Waals surface area contributed by atoms with Gasteiger partial charge in [0, 0.05) is 124 Å². The van der Waals surface area contributed by atoms with E-state index < -0.39 is 217 Å². The van der Waals surface area contributed by atoms with Gasteiger partial charge in [0.15, 0.2) is 0 Å². The molecule has 2 aromatic heterocycles. The molecule has 21 N–H and O–H groups in total. The number of H-pyrrole nitrogens is 1. The maximum atomic E-state index is 16.0. The van der Waals surface area contributed by atoms with Crippen LogP contribution in [0.5, 0.6) is 5.75 Å². The van der Waals surface area contributed by atoms with E-state index in [0.717, 1.165) is 32.5 Å². The van der Waals surface area contributed by atoms with Crippen molar-refractivity contribution in [1.82, 2.24) is 87.2 Å². The summed E-state index contributed by atoms with van der Waals surface area (Å²) in [7, 11) is 6.53. The van der Waals surface area contributed by atoms with Crippen LogP contribution in [-0.2, 0) is 107 Å². The molecule has 0 saturated carbocycles. The molecule has 0 unspecified atom stereocenters. The number of rotatable bonds is 23. The molecule has 3 fully saturated rings. The number of thioether (sulfide) groups is 1. The summed E-state index contributed by atoms with van der Waals surface area (Å²) >= 11 is 0.863. The second-order valence-corrected chi connectivity index (χ2v) is 37.4. The van der Waals surface area contributed by atoms with E-state index >= 15 is 38.4 Å². The zero-order valence-corrected chi connectivity index (χ0v) is 78.9. The first-order valence-electron chi connectivity index (χ1n) is 45.2. The number of hydrogen-bond donors (Lipinski definition) is 17. The van der Waals surface area contributed by atoms with Crippen molar-refractivity contribution < 1.29 is 91.7 Å². The average molecular weight is 1890 g/mol. The molecule has 5 aromatic rings. The van der Waals surface area contributed by atoms with Crippen LogP contribution in [0, 0.1) is 11.8 Å². The van der Waals surface area contributed by atoms with Crippen molar-refractivity contribution in [3.8, 4) is 5.75 Å². The molecule has 2 bridgehead atoms. The average Bonchev–Trinajstić information content (AvgIpc) is 1.60. The molecule has 15 amide bonds. The second-order valence-electron chi connectivity index (χ2n) is 35.3. The smallest absolute Gasteiger partial charge is 0.325 e. The SMILES string of the molecule is CCCC[C@H]1C(=O)N(C)[C@@H](CCCC)C(=O)N[C@@H](CC(C)C)C(=O)N[C@H](C(=O)NCC(N)=O)CSCC(=O)N[C@@H](Cc2ccc(O)cc2)C(=O)N(C)[C@@H](C)C2=S=C(N)C[C@H](N2)C(=O)N2CCC[C@H]2C(=O)N[C@@H](CN)C(=O)N[C@@H](CC(C)C)C(=O)N2C[C@H](O)C[C@H]2C(=O)N[C@@H](Cc2c[nH]c3ccccc23)C(=O)N[C@@H](CN)C(=O)N[C@@H](Cc2cn(CC(=O)OC)c3ccccc23)C(=O)N1C. The largest absolute Gasteiger partial charge is 0.508 e. The Kier molecular flexibility index (Phi) is 38.8. The third kappa shape index (κ3) is 28.1. The number of unbranched alkanes of at least 4 members (excludes halogenated alkanes) is 2. The van der Waals surface area contributed by atoms with Crippen molar-refractivity contribution in [2.75, 3.05) is 72.5 Å². The van der Waals surface area contributed by atoms with Gasteiger partial charge in [0.2, 0.25) is 88.6 Å². The summed E-state index contributed by atoms with van der Waals surface area (Å²) in [5.74, 6) is -14.4. The van der Waals surface area contributed by atoms with Crippen LogP contribution in [0.4, 0.5) is 0 Å². The highest BCUT2D eigenvalue weighted by atomic mass is 32.2. The maximum absolute atomic E-state index is 16.0. The van der Waals surface area contributed by atoms with Crippen molar-refractivity contribution in [2.45, 2.75) is 242 Å².